The van der Waals surface area contributed by atoms with E-state index in [1.165, 1.54) is 37.3 Å². The van der Waals surface area contributed by atoms with Gasteiger partial charge in [0, 0.05) is 12.7 Å². The molecule has 0 saturated carbocycles. The Labute approximate surface area is 185 Å². The third-order valence-corrected chi connectivity index (χ3v) is 4.72. The predicted octanol–water partition coefficient (Wildman–Crippen LogP) is 3.49. The number of carboxylic acids is 1. The number of methoxy groups -OCH3 is 2. The lowest BCUT2D eigenvalue weighted by Crippen LogP contribution is -2.27. The molecule has 0 fully saturated rings. The van der Waals surface area contributed by atoms with Gasteiger partial charge in [0.05, 0.1) is 36.7 Å². The molecule has 0 saturated heterocycles. The van der Waals surface area contributed by atoms with E-state index in [0.29, 0.717) is 17.9 Å². The molecule has 8 nitrogen and oxygen atoms in total. The molecule has 0 aliphatic carbocycles. The Bertz CT molecular complexity index is 1120. The fraction of sp³-hybridized carbons (Fsp3) is 0.125. The molecule has 2 N–H and O–H groups in total. The fourth-order valence-electron chi connectivity index (χ4n) is 3.16. The molecule has 8 heteroatoms. The van der Waals surface area contributed by atoms with Crippen LogP contribution < -0.4 is 10.2 Å². The van der Waals surface area contributed by atoms with E-state index in [2.05, 4.69) is 5.32 Å². The van der Waals surface area contributed by atoms with Gasteiger partial charge in [-0.05, 0) is 35.9 Å². The van der Waals surface area contributed by atoms with Crippen LogP contribution in [0, 0.1) is 0 Å². The molecule has 0 aromatic heterocycles. The molecule has 0 bridgehead atoms. The summed E-state index contributed by atoms with van der Waals surface area (Å²) in [5.74, 6) is -2.64. The highest BCUT2D eigenvalue weighted by atomic mass is 16.5. The number of esters is 2. The molecule has 164 valence electrons. The van der Waals surface area contributed by atoms with Crippen LogP contribution in [0.4, 0.5) is 11.4 Å². The Morgan fingerprint density at radius 1 is 0.969 bits per heavy atom. The van der Waals surface area contributed by atoms with Gasteiger partial charge in [-0.2, -0.15) is 0 Å². The van der Waals surface area contributed by atoms with Gasteiger partial charge in [0.2, 0.25) is 0 Å². The van der Waals surface area contributed by atoms with Crippen LogP contribution in [0.2, 0.25) is 0 Å². The van der Waals surface area contributed by atoms with Gasteiger partial charge in [-0.15, -0.1) is 0 Å². The molecule has 1 heterocycles. The van der Waals surface area contributed by atoms with Crippen LogP contribution in [0.1, 0.15) is 15.9 Å². The van der Waals surface area contributed by atoms with Crippen LogP contribution in [-0.4, -0.2) is 37.2 Å². The average Bonchev–Trinajstić information content (AvgIpc) is 3.05. The zero-order valence-corrected chi connectivity index (χ0v) is 17.6. The molecular formula is C24H22N2O6. The van der Waals surface area contributed by atoms with Gasteiger partial charge in [-0.3, -0.25) is 0 Å². The second-order valence-corrected chi connectivity index (χ2v) is 6.69. The quantitative estimate of drug-likeness (QED) is 0.638. The number of ether oxygens (including phenoxy) is 2. The van der Waals surface area contributed by atoms with Crippen molar-refractivity contribution in [1.82, 2.24) is 0 Å². The summed E-state index contributed by atoms with van der Waals surface area (Å²) in [6, 6.07) is 14.1. The van der Waals surface area contributed by atoms with Crippen molar-refractivity contribution >= 4 is 29.3 Å². The topological polar surface area (TPSA) is 105 Å². The van der Waals surface area contributed by atoms with E-state index < -0.39 is 17.9 Å². The monoisotopic (exact) mass is 434 g/mol. The second-order valence-electron chi connectivity index (χ2n) is 6.69. The van der Waals surface area contributed by atoms with E-state index in [1.807, 2.05) is 30.3 Å². The van der Waals surface area contributed by atoms with Gasteiger partial charge in [-0.25, -0.2) is 14.4 Å². The van der Waals surface area contributed by atoms with Crippen molar-refractivity contribution < 1.29 is 29.0 Å². The standard InChI is InChI=1S/C24H22N2O6/c1-31-23(29)18-10-6-7-13-26(21(18)24(30)32-2)20-14-17(22(27)28)11-12-19(20)25-15-16-8-4-3-5-9-16/h3-14,25H,15H2,1-2H3,(H,27,28). The second kappa shape index (κ2) is 10.1. The number of hydrogen-bond acceptors (Lipinski definition) is 7. The molecule has 0 unspecified atom stereocenters. The molecule has 2 aromatic carbocycles. The molecule has 1 aliphatic heterocycles. The summed E-state index contributed by atoms with van der Waals surface area (Å²) in [5.41, 5.74) is 1.79. The van der Waals surface area contributed by atoms with E-state index in [4.69, 9.17) is 9.47 Å². The number of carbonyl (C=O) groups excluding carboxylic acids is 2. The number of hydrogen-bond donors (Lipinski definition) is 2. The SMILES string of the molecule is COC(=O)C1=C(C(=O)OC)N(c2cc(C(=O)O)ccc2NCc2ccccc2)C=CC=C1. The molecule has 0 atom stereocenters. The van der Waals surface area contributed by atoms with Gasteiger partial charge in [0.1, 0.15) is 5.70 Å². The van der Waals surface area contributed by atoms with Gasteiger partial charge < -0.3 is 24.8 Å². The minimum Gasteiger partial charge on any atom is -0.478 e. The first kappa shape index (κ1) is 22.4. The summed E-state index contributed by atoms with van der Waals surface area (Å²) < 4.78 is 9.75. The molecule has 0 spiro atoms. The Hall–Kier alpha value is -4.33. The van der Waals surface area contributed by atoms with Crippen molar-refractivity contribution in [1.29, 1.82) is 0 Å². The van der Waals surface area contributed by atoms with Crippen LogP contribution in [-0.2, 0) is 25.6 Å². The van der Waals surface area contributed by atoms with Gasteiger partial charge in [0.15, 0.2) is 0 Å². The van der Waals surface area contributed by atoms with E-state index >= 15 is 0 Å². The molecule has 0 radical (unpaired) electrons. The minimum absolute atomic E-state index is 0.0136. The van der Waals surface area contributed by atoms with E-state index in [1.54, 1.807) is 24.4 Å². The van der Waals surface area contributed by atoms with Crippen molar-refractivity contribution in [2.24, 2.45) is 0 Å². The van der Waals surface area contributed by atoms with Crippen molar-refractivity contribution in [3.05, 3.63) is 95.4 Å². The first-order valence-corrected chi connectivity index (χ1v) is 9.66. The van der Waals surface area contributed by atoms with E-state index in [0.717, 1.165) is 5.56 Å². The van der Waals surface area contributed by atoms with Crippen LogP contribution in [0.25, 0.3) is 0 Å². The van der Waals surface area contributed by atoms with Crippen LogP contribution >= 0.6 is 0 Å². The summed E-state index contributed by atoms with van der Waals surface area (Å²) in [7, 11) is 2.40. The lowest BCUT2D eigenvalue weighted by molar-refractivity contribution is -0.139. The molecule has 32 heavy (non-hydrogen) atoms. The maximum absolute atomic E-state index is 12.7. The maximum atomic E-state index is 12.7. The van der Waals surface area contributed by atoms with E-state index in [-0.39, 0.29) is 16.8 Å². The predicted molar refractivity (Wildman–Crippen MR) is 119 cm³/mol. The summed E-state index contributed by atoms with van der Waals surface area (Å²) in [6.45, 7) is 0.456. The Morgan fingerprint density at radius 2 is 1.69 bits per heavy atom. The van der Waals surface area contributed by atoms with Crippen LogP contribution in [0.3, 0.4) is 0 Å². The summed E-state index contributed by atoms with van der Waals surface area (Å²) >= 11 is 0. The lowest BCUT2D eigenvalue weighted by atomic mass is 10.1. The first-order chi connectivity index (χ1) is 15.5. The average molecular weight is 434 g/mol. The Morgan fingerprint density at radius 3 is 2.34 bits per heavy atom. The number of rotatable bonds is 7. The number of allylic oxidation sites excluding steroid dienone is 2. The highest BCUT2D eigenvalue weighted by Crippen LogP contribution is 2.34. The summed E-state index contributed by atoms with van der Waals surface area (Å²) in [4.78, 5) is 38.2. The van der Waals surface area contributed by atoms with Crippen LogP contribution in [0.5, 0.6) is 0 Å². The van der Waals surface area contributed by atoms with Gasteiger partial charge >= 0.3 is 17.9 Å². The first-order valence-electron chi connectivity index (χ1n) is 9.66. The highest BCUT2D eigenvalue weighted by molar-refractivity contribution is 6.06. The molecular weight excluding hydrogens is 412 g/mol. The molecule has 3 rings (SSSR count). The number of nitrogens with zero attached hydrogens (tertiary/aromatic N) is 1. The summed E-state index contributed by atoms with van der Waals surface area (Å²) in [6.07, 6.45) is 6.18. The number of carboxylic acid groups (broad SMARTS) is 1. The maximum Gasteiger partial charge on any atom is 0.355 e. The Balaban J connectivity index is 2.15. The van der Waals surface area contributed by atoms with Crippen LogP contribution in [0.15, 0.2) is 84.2 Å². The molecule has 2 aromatic rings. The smallest absolute Gasteiger partial charge is 0.355 e. The van der Waals surface area contributed by atoms with Crippen molar-refractivity contribution in [3.8, 4) is 0 Å². The third-order valence-electron chi connectivity index (χ3n) is 4.72. The number of anilines is 2. The largest absolute Gasteiger partial charge is 0.478 e. The van der Waals surface area contributed by atoms with Gasteiger partial charge in [0.25, 0.3) is 0 Å². The van der Waals surface area contributed by atoms with Gasteiger partial charge in [-0.1, -0.05) is 36.4 Å². The lowest BCUT2D eigenvalue weighted by Gasteiger charge is -2.26. The zero-order valence-electron chi connectivity index (χ0n) is 17.6. The fourth-order valence-corrected chi connectivity index (χ4v) is 3.16. The van der Waals surface area contributed by atoms with Crippen molar-refractivity contribution in [3.63, 3.8) is 0 Å². The molecule has 1 aliphatic rings. The number of carbonyl (C=O) groups is 3. The highest BCUT2D eigenvalue weighted by Gasteiger charge is 2.29. The third kappa shape index (κ3) is 4.86. The number of nitrogens with one attached hydrogen (secondary N) is 1. The van der Waals surface area contributed by atoms with E-state index in [9.17, 15) is 19.5 Å². The van der Waals surface area contributed by atoms with Crippen molar-refractivity contribution in [2.75, 3.05) is 24.4 Å². The normalized spacial score (nSPS) is 12.9. The number of benzene rings is 2. The Kier molecular flexibility index (Phi) is 7.07. The number of aromatic carboxylic acids is 1. The van der Waals surface area contributed by atoms with Crippen molar-refractivity contribution in [2.45, 2.75) is 6.54 Å². The minimum atomic E-state index is -1.13. The molecule has 0 amide bonds. The zero-order chi connectivity index (χ0) is 23.1. The summed E-state index contributed by atoms with van der Waals surface area (Å²) in [5, 5.41) is 12.8.